The first-order valence-electron chi connectivity index (χ1n) is 9.55. The van der Waals surface area contributed by atoms with Crippen molar-refractivity contribution >= 4 is 23.3 Å². The van der Waals surface area contributed by atoms with Crippen LogP contribution in [-0.4, -0.2) is 42.8 Å². The zero-order chi connectivity index (χ0) is 22.4. The zero-order valence-corrected chi connectivity index (χ0v) is 18.2. The molecule has 2 aromatic rings. The van der Waals surface area contributed by atoms with Gasteiger partial charge in [0, 0.05) is 19.2 Å². The summed E-state index contributed by atoms with van der Waals surface area (Å²) in [4.78, 5) is 39.1. The van der Waals surface area contributed by atoms with Gasteiger partial charge in [0.1, 0.15) is 0 Å². The minimum atomic E-state index is -1.25. The molecule has 30 heavy (non-hydrogen) atoms. The van der Waals surface area contributed by atoms with Gasteiger partial charge in [0.2, 0.25) is 5.91 Å². The van der Waals surface area contributed by atoms with Crippen LogP contribution in [-0.2, 0) is 20.9 Å². The van der Waals surface area contributed by atoms with Crippen molar-refractivity contribution in [2.45, 2.75) is 40.3 Å². The van der Waals surface area contributed by atoms with Crippen molar-refractivity contribution in [2.24, 2.45) is 0 Å². The molecule has 0 heterocycles. The molecule has 2 aromatic carbocycles. The average Bonchev–Trinajstić information content (AvgIpc) is 2.69. The number of carbonyl (C=O) groups is 3. The average molecular weight is 412 g/mol. The number of hydrogen-bond donors (Lipinski definition) is 1. The first kappa shape index (κ1) is 22.9. The van der Waals surface area contributed by atoms with Gasteiger partial charge in [-0.3, -0.25) is 14.4 Å². The minimum Gasteiger partial charge on any atom is -0.493 e. The van der Waals surface area contributed by atoms with Crippen molar-refractivity contribution in [3.63, 3.8) is 0 Å². The number of benzene rings is 2. The Kier molecular flexibility index (Phi) is 7.58. The van der Waals surface area contributed by atoms with Crippen LogP contribution in [0.3, 0.4) is 0 Å². The number of nitrogens with zero attached hydrogens (tertiary/aromatic N) is 1. The summed E-state index contributed by atoms with van der Waals surface area (Å²) in [5.74, 6) is -0.309. The Balaban J connectivity index is 2.35. The Morgan fingerprint density at radius 1 is 0.967 bits per heavy atom. The van der Waals surface area contributed by atoms with Crippen LogP contribution in [0.1, 0.15) is 30.5 Å². The number of hydrogen-bond acceptors (Lipinski definition) is 5. The third-order valence-corrected chi connectivity index (χ3v) is 4.88. The molecule has 0 aliphatic carbocycles. The van der Waals surface area contributed by atoms with Crippen LogP contribution >= 0.6 is 0 Å². The van der Waals surface area contributed by atoms with E-state index in [0.29, 0.717) is 22.7 Å². The molecule has 1 atom stereocenters. The van der Waals surface area contributed by atoms with E-state index in [1.54, 1.807) is 18.2 Å². The second-order valence-electron chi connectivity index (χ2n) is 7.11. The number of carbonyl (C=O) groups excluding carboxylic acids is 3. The van der Waals surface area contributed by atoms with Gasteiger partial charge in [0.15, 0.2) is 23.3 Å². The van der Waals surface area contributed by atoms with E-state index >= 15 is 0 Å². The molecule has 2 rings (SSSR count). The standard InChI is InChI=1S/C23H28N2O5/c1-14-8-7-9-15(2)21(14)24-23(28)22(16(3)26)25(17(4)27)13-18-10-11-19(29-5)20(12-18)30-6/h7-12,22H,13H2,1-6H3,(H,24,28). The number of aryl methyl sites for hydroxylation is 2. The van der Waals surface area contributed by atoms with Crippen molar-refractivity contribution in [1.82, 2.24) is 4.90 Å². The summed E-state index contributed by atoms with van der Waals surface area (Å²) in [5, 5.41) is 2.82. The van der Waals surface area contributed by atoms with Gasteiger partial charge in [0.05, 0.1) is 14.2 Å². The fourth-order valence-corrected chi connectivity index (χ4v) is 3.31. The zero-order valence-electron chi connectivity index (χ0n) is 18.2. The molecule has 1 unspecified atom stereocenters. The van der Waals surface area contributed by atoms with Gasteiger partial charge in [-0.15, -0.1) is 0 Å². The SMILES string of the molecule is COc1ccc(CN(C(C)=O)C(C(C)=O)C(=O)Nc2c(C)cccc2C)cc1OC. The van der Waals surface area contributed by atoms with E-state index in [4.69, 9.17) is 9.47 Å². The number of ketones is 1. The first-order chi connectivity index (χ1) is 14.2. The predicted molar refractivity (Wildman–Crippen MR) is 115 cm³/mol. The van der Waals surface area contributed by atoms with Crippen molar-refractivity contribution in [1.29, 1.82) is 0 Å². The molecule has 0 aliphatic rings. The summed E-state index contributed by atoms with van der Waals surface area (Å²) >= 11 is 0. The number of para-hydroxylation sites is 1. The van der Waals surface area contributed by atoms with Crippen LogP contribution in [0.4, 0.5) is 5.69 Å². The molecular weight excluding hydrogens is 384 g/mol. The molecule has 0 aromatic heterocycles. The van der Waals surface area contributed by atoms with E-state index in [9.17, 15) is 14.4 Å². The third kappa shape index (κ3) is 5.17. The maximum absolute atomic E-state index is 13.0. The van der Waals surface area contributed by atoms with Crippen LogP contribution < -0.4 is 14.8 Å². The fourth-order valence-electron chi connectivity index (χ4n) is 3.31. The second-order valence-corrected chi connectivity index (χ2v) is 7.11. The number of Topliss-reactive ketones (excluding diaryl/α,β-unsaturated/α-hetero) is 1. The summed E-state index contributed by atoms with van der Waals surface area (Å²) in [5.41, 5.74) is 3.09. The summed E-state index contributed by atoms with van der Waals surface area (Å²) < 4.78 is 10.5. The molecule has 7 heteroatoms. The van der Waals surface area contributed by atoms with Crippen molar-refractivity contribution < 1.29 is 23.9 Å². The number of methoxy groups -OCH3 is 2. The van der Waals surface area contributed by atoms with Gasteiger partial charge < -0.3 is 19.7 Å². The van der Waals surface area contributed by atoms with E-state index in [1.165, 1.54) is 33.0 Å². The van der Waals surface area contributed by atoms with E-state index in [-0.39, 0.29) is 12.5 Å². The topological polar surface area (TPSA) is 84.9 Å². The Hall–Kier alpha value is -3.35. The smallest absolute Gasteiger partial charge is 0.254 e. The van der Waals surface area contributed by atoms with E-state index in [2.05, 4.69) is 5.32 Å². The molecule has 0 saturated carbocycles. The molecule has 0 aliphatic heterocycles. The largest absolute Gasteiger partial charge is 0.493 e. The van der Waals surface area contributed by atoms with Crippen LogP contribution in [0, 0.1) is 13.8 Å². The lowest BCUT2D eigenvalue weighted by Crippen LogP contribution is -2.50. The lowest BCUT2D eigenvalue weighted by molar-refractivity contribution is -0.143. The molecular formula is C23H28N2O5. The molecule has 2 amide bonds. The number of ether oxygens (including phenoxy) is 2. The molecule has 7 nitrogen and oxygen atoms in total. The van der Waals surface area contributed by atoms with E-state index < -0.39 is 17.7 Å². The van der Waals surface area contributed by atoms with Crippen molar-refractivity contribution in [2.75, 3.05) is 19.5 Å². The summed E-state index contributed by atoms with van der Waals surface area (Å²) in [6.07, 6.45) is 0. The molecule has 160 valence electrons. The number of rotatable bonds is 8. The van der Waals surface area contributed by atoms with Crippen LogP contribution in [0.25, 0.3) is 0 Å². The molecule has 0 radical (unpaired) electrons. The Labute approximate surface area is 177 Å². The number of anilines is 1. The van der Waals surface area contributed by atoms with Gasteiger partial charge in [-0.1, -0.05) is 24.3 Å². The second kappa shape index (κ2) is 9.91. The maximum atomic E-state index is 13.0. The maximum Gasteiger partial charge on any atom is 0.254 e. The molecule has 0 fully saturated rings. The Bertz CT molecular complexity index is 934. The molecule has 0 saturated heterocycles. The van der Waals surface area contributed by atoms with E-state index in [0.717, 1.165) is 11.1 Å². The van der Waals surface area contributed by atoms with Crippen LogP contribution in [0.5, 0.6) is 11.5 Å². The van der Waals surface area contributed by atoms with Gasteiger partial charge in [-0.05, 0) is 49.6 Å². The highest BCUT2D eigenvalue weighted by molar-refractivity contribution is 6.12. The van der Waals surface area contributed by atoms with Crippen molar-refractivity contribution in [3.05, 3.63) is 53.1 Å². The Morgan fingerprint density at radius 3 is 2.07 bits per heavy atom. The van der Waals surface area contributed by atoms with Crippen LogP contribution in [0.2, 0.25) is 0 Å². The number of nitrogens with one attached hydrogen (secondary N) is 1. The fraction of sp³-hybridized carbons (Fsp3) is 0.348. The summed E-state index contributed by atoms with van der Waals surface area (Å²) in [6.45, 7) is 6.46. The van der Waals surface area contributed by atoms with Crippen molar-refractivity contribution in [3.8, 4) is 11.5 Å². The Morgan fingerprint density at radius 2 is 1.57 bits per heavy atom. The monoisotopic (exact) mass is 412 g/mol. The predicted octanol–water partition coefficient (Wildman–Crippen LogP) is 3.27. The summed E-state index contributed by atoms with van der Waals surface area (Å²) in [7, 11) is 3.05. The molecule has 0 spiro atoms. The lowest BCUT2D eigenvalue weighted by Gasteiger charge is -2.29. The highest BCUT2D eigenvalue weighted by atomic mass is 16.5. The molecule has 1 N–H and O–H groups in total. The van der Waals surface area contributed by atoms with Gasteiger partial charge >= 0.3 is 0 Å². The molecule has 0 bridgehead atoms. The quantitative estimate of drug-likeness (QED) is 0.673. The summed E-state index contributed by atoms with van der Waals surface area (Å²) in [6, 6.07) is 9.57. The highest BCUT2D eigenvalue weighted by Crippen LogP contribution is 2.28. The number of amides is 2. The van der Waals surface area contributed by atoms with Crippen LogP contribution in [0.15, 0.2) is 36.4 Å². The lowest BCUT2D eigenvalue weighted by atomic mass is 10.1. The van der Waals surface area contributed by atoms with Gasteiger partial charge in [0.25, 0.3) is 5.91 Å². The minimum absolute atomic E-state index is 0.0696. The first-order valence-corrected chi connectivity index (χ1v) is 9.55. The van der Waals surface area contributed by atoms with Gasteiger partial charge in [-0.25, -0.2) is 0 Å². The normalized spacial score (nSPS) is 11.4. The van der Waals surface area contributed by atoms with Gasteiger partial charge in [-0.2, -0.15) is 0 Å². The van der Waals surface area contributed by atoms with E-state index in [1.807, 2.05) is 32.0 Å². The third-order valence-electron chi connectivity index (χ3n) is 4.88. The highest BCUT2D eigenvalue weighted by Gasteiger charge is 2.32.